The van der Waals surface area contributed by atoms with Gasteiger partial charge >= 0.3 is 0 Å². The predicted molar refractivity (Wildman–Crippen MR) is 83.7 cm³/mol. The van der Waals surface area contributed by atoms with Gasteiger partial charge in [0, 0.05) is 25.1 Å². The quantitative estimate of drug-likeness (QED) is 0.867. The molecular formula is C15H22N6O2. The Bertz CT molecular complexity index is 624. The van der Waals surface area contributed by atoms with E-state index < -0.39 is 0 Å². The van der Waals surface area contributed by atoms with Gasteiger partial charge < -0.3 is 9.84 Å². The second kappa shape index (κ2) is 7.36. The molecule has 8 nitrogen and oxygen atoms in total. The van der Waals surface area contributed by atoms with Crippen LogP contribution in [0.3, 0.4) is 0 Å². The molecule has 1 fully saturated rings. The monoisotopic (exact) mass is 318 g/mol. The highest BCUT2D eigenvalue weighted by Gasteiger charge is 2.23. The fourth-order valence-electron chi connectivity index (χ4n) is 2.98. The Morgan fingerprint density at radius 2 is 2.39 bits per heavy atom. The van der Waals surface area contributed by atoms with Crippen molar-refractivity contribution in [3.8, 4) is 0 Å². The summed E-state index contributed by atoms with van der Waals surface area (Å²) in [5.74, 6) is 1.12. The van der Waals surface area contributed by atoms with E-state index in [0.717, 1.165) is 26.1 Å². The molecule has 0 aromatic carbocycles. The summed E-state index contributed by atoms with van der Waals surface area (Å²) >= 11 is 0. The number of piperidine rings is 1. The average Bonchev–Trinajstić information content (AvgIpc) is 3.18. The van der Waals surface area contributed by atoms with Crippen LogP contribution < -0.4 is 5.32 Å². The number of carbonyl (C=O) groups is 1. The first-order valence-electron chi connectivity index (χ1n) is 8.00. The number of hydrogen-bond acceptors (Lipinski definition) is 6. The van der Waals surface area contributed by atoms with Crippen molar-refractivity contribution in [3.05, 3.63) is 24.5 Å². The average molecular weight is 318 g/mol. The van der Waals surface area contributed by atoms with Gasteiger partial charge in [-0.15, -0.1) is 0 Å². The topological polar surface area (TPSA) is 89.1 Å². The number of aromatic nitrogens is 4. The summed E-state index contributed by atoms with van der Waals surface area (Å²) in [6.45, 7) is 4.38. The Morgan fingerprint density at radius 3 is 3.13 bits per heavy atom. The summed E-state index contributed by atoms with van der Waals surface area (Å²) in [6, 6.07) is 2.12. The van der Waals surface area contributed by atoms with Crippen molar-refractivity contribution in [2.24, 2.45) is 0 Å². The van der Waals surface area contributed by atoms with Crippen molar-refractivity contribution in [1.82, 2.24) is 24.8 Å². The van der Waals surface area contributed by atoms with Crippen LogP contribution in [-0.2, 0) is 11.3 Å². The molecule has 23 heavy (non-hydrogen) atoms. The highest BCUT2D eigenvalue weighted by atomic mass is 16.5. The molecule has 0 bridgehead atoms. The molecule has 124 valence electrons. The number of hydrogen-bond donors (Lipinski definition) is 1. The summed E-state index contributed by atoms with van der Waals surface area (Å²) in [6.07, 6.45) is 7.27. The van der Waals surface area contributed by atoms with E-state index in [1.807, 2.05) is 4.68 Å². The van der Waals surface area contributed by atoms with Gasteiger partial charge in [0.05, 0.1) is 6.54 Å². The van der Waals surface area contributed by atoms with Gasteiger partial charge in [-0.1, -0.05) is 11.6 Å². The van der Waals surface area contributed by atoms with E-state index in [-0.39, 0.29) is 5.91 Å². The van der Waals surface area contributed by atoms with E-state index in [2.05, 4.69) is 25.5 Å². The van der Waals surface area contributed by atoms with Crippen LogP contribution in [0, 0.1) is 6.92 Å². The zero-order chi connectivity index (χ0) is 16.1. The Hall–Kier alpha value is -2.22. The van der Waals surface area contributed by atoms with E-state index in [1.165, 1.54) is 12.8 Å². The lowest BCUT2D eigenvalue weighted by molar-refractivity contribution is -0.116. The van der Waals surface area contributed by atoms with Crippen molar-refractivity contribution in [1.29, 1.82) is 0 Å². The van der Waals surface area contributed by atoms with Crippen LogP contribution in [0.5, 0.6) is 0 Å². The molecule has 1 N–H and O–H groups in total. The molecule has 1 amide bonds. The van der Waals surface area contributed by atoms with Crippen LogP contribution in [-0.4, -0.2) is 49.9 Å². The molecule has 3 rings (SSSR count). The first-order chi connectivity index (χ1) is 11.2. The third-order valence-corrected chi connectivity index (χ3v) is 4.13. The molecule has 2 aromatic heterocycles. The molecule has 0 unspecified atom stereocenters. The third kappa shape index (κ3) is 4.38. The maximum Gasteiger partial charge on any atom is 0.226 e. The van der Waals surface area contributed by atoms with Gasteiger partial charge in [0.1, 0.15) is 18.4 Å². The molecule has 0 spiro atoms. The van der Waals surface area contributed by atoms with Crippen LogP contribution in [0.15, 0.2) is 23.2 Å². The Balaban J connectivity index is 1.49. The molecule has 1 aliphatic heterocycles. The normalized spacial score (nSPS) is 18.9. The number of likely N-dealkylation sites (tertiary alicyclic amines) is 1. The number of amides is 1. The molecule has 8 heteroatoms. The summed E-state index contributed by atoms with van der Waals surface area (Å²) in [7, 11) is 0. The summed E-state index contributed by atoms with van der Waals surface area (Å²) in [5.41, 5.74) is 0. The zero-order valence-corrected chi connectivity index (χ0v) is 13.3. The molecular weight excluding hydrogens is 296 g/mol. The number of nitrogens with one attached hydrogen (secondary N) is 1. The van der Waals surface area contributed by atoms with Crippen molar-refractivity contribution in [3.63, 3.8) is 0 Å². The first-order valence-corrected chi connectivity index (χ1v) is 8.00. The predicted octanol–water partition coefficient (Wildman–Crippen LogP) is 1.46. The van der Waals surface area contributed by atoms with Crippen LogP contribution in [0.2, 0.25) is 0 Å². The van der Waals surface area contributed by atoms with Crippen molar-refractivity contribution in [2.75, 3.05) is 18.4 Å². The molecule has 0 aliphatic carbocycles. The zero-order valence-electron chi connectivity index (χ0n) is 13.3. The maximum atomic E-state index is 12.0. The molecule has 1 saturated heterocycles. The summed E-state index contributed by atoms with van der Waals surface area (Å²) in [4.78, 5) is 18.4. The van der Waals surface area contributed by atoms with E-state index in [1.54, 1.807) is 25.6 Å². The van der Waals surface area contributed by atoms with Gasteiger partial charge in [0.25, 0.3) is 0 Å². The fraction of sp³-hybridized carbons (Fsp3) is 0.600. The van der Waals surface area contributed by atoms with Crippen molar-refractivity contribution >= 4 is 11.7 Å². The smallest absolute Gasteiger partial charge is 0.226 e. The molecule has 3 heterocycles. The standard InChI is InChI=1S/C15H22N6O2/c1-12-8-14(19-23-12)18-15(22)5-7-20-6-3-2-4-13(20)9-21-11-16-10-17-21/h8,10-11,13H,2-7,9H2,1H3,(H,18,19,22)/t13-/m1/s1. The molecule has 0 radical (unpaired) electrons. The van der Waals surface area contributed by atoms with E-state index in [4.69, 9.17) is 4.52 Å². The minimum absolute atomic E-state index is 0.0385. The van der Waals surface area contributed by atoms with E-state index in [0.29, 0.717) is 24.0 Å². The largest absolute Gasteiger partial charge is 0.360 e. The fourth-order valence-corrected chi connectivity index (χ4v) is 2.98. The second-order valence-corrected chi connectivity index (χ2v) is 5.92. The minimum atomic E-state index is -0.0385. The summed E-state index contributed by atoms with van der Waals surface area (Å²) < 4.78 is 6.81. The van der Waals surface area contributed by atoms with Gasteiger partial charge in [-0.25, -0.2) is 4.98 Å². The third-order valence-electron chi connectivity index (χ3n) is 4.13. The van der Waals surface area contributed by atoms with Gasteiger partial charge in [-0.05, 0) is 26.3 Å². The van der Waals surface area contributed by atoms with Crippen LogP contribution in [0.25, 0.3) is 0 Å². The van der Waals surface area contributed by atoms with Crippen LogP contribution >= 0.6 is 0 Å². The second-order valence-electron chi connectivity index (χ2n) is 5.92. The number of anilines is 1. The van der Waals surface area contributed by atoms with Crippen LogP contribution in [0.4, 0.5) is 5.82 Å². The lowest BCUT2D eigenvalue weighted by atomic mass is 10.0. The van der Waals surface area contributed by atoms with Crippen LogP contribution in [0.1, 0.15) is 31.4 Å². The van der Waals surface area contributed by atoms with E-state index in [9.17, 15) is 4.79 Å². The van der Waals surface area contributed by atoms with Gasteiger partial charge in [0.15, 0.2) is 5.82 Å². The number of nitrogens with zero attached hydrogens (tertiary/aromatic N) is 5. The van der Waals surface area contributed by atoms with Crippen molar-refractivity contribution in [2.45, 2.75) is 45.2 Å². The summed E-state index contributed by atoms with van der Waals surface area (Å²) in [5, 5.41) is 10.7. The number of carbonyl (C=O) groups excluding carboxylic acids is 1. The SMILES string of the molecule is Cc1cc(NC(=O)CCN2CCCC[C@@H]2Cn2cncn2)no1. The highest BCUT2D eigenvalue weighted by molar-refractivity contribution is 5.89. The Labute approximate surface area is 134 Å². The van der Waals surface area contributed by atoms with Gasteiger partial charge in [-0.2, -0.15) is 5.10 Å². The van der Waals surface area contributed by atoms with Gasteiger partial charge in [-0.3, -0.25) is 14.4 Å². The lowest BCUT2D eigenvalue weighted by Gasteiger charge is -2.35. The highest BCUT2D eigenvalue weighted by Crippen LogP contribution is 2.18. The Kier molecular flexibility index (Phi) is 5.02. The molecule has 0 saturated carbocycles. The number of aryl methyl sites for hydroxylation is 1. The minimum Gasteiger partial charge on any atom is -0.360 e. The molecule has 1 aliphatic rings. The Morgan fingerprint density at radius 1 is 1.48 bits per heavy atom. The van der Waals surface area contributed by atoms with Gasteiger partial charge in [0.2, 0.25) is 5.91 Å². The van der Waals surface area contributed by atoms with E-state index >= 15 is 0 Å². The molecule has 2 aromatic rings. The number of rotatable bonds is 6. The molecule has 1 atom stereocenters. The lowest BCUT2D eigenvalue weighted by Crippen LogP contribution is -2.43. The van der Waals surface area contributed by atoms with Crippen molar-refractivity contribution < 1.29 is 9.32 Å². The maximum absolute atomic E-state index is 12.0. The first kappa shape index (κ1) is 15.7.